The van der Waals surface area contributed by atoms with Crippen molar-refractivity contribution in [2.75, 3.05) is 0 Å². The van der Waals surface area contributed by atoms with Gasteiger partial charge >= 0.3 is 0 Å². The van der Waals surface area contributed by atoms with Crippen LogP contribution >= 0.6 is 0 Å². The van der Waals surface area contributed by atoms with Gasteiger partial charge in [-0.05, 0) is 30.9 Å². The Kier molecular flexibility index (Phi) is 4.39. The summed E-state index contributed by atoms with van der Waals surface area (Å²) in [4.78, 5) is 12.4. The minimum Gasteiger partial charge on any atom is -0.490 e. The highest BCUT2D eigenvalue weighted by Crippen LogP contribution is 2.29. The molecular formula is C18H24O2. The summed E-state index contributed by atoms with van der Waals surface area (Å²) in [5.74, 6) is 1.75. The van der Waals surface area contributed by atoms with Gasteiger partial charge in [0.05, 0.1) is 6.10 Å². The van der Waals surface area contributed by atoms with Gasteiger partial charge < -0.3 is 4.74 Å². The van der Waals surface area contributed by atoms with Crippen LogP contribution in [0.15, 0.2) is 24.3 Å². The monoisotopic (exact) mass is 272 g/mol. The highest BCUT2D eigenvalue weighted by atomic mass is 16.5. The summed E-state index contributed by atoms with van der Waals surface area (Å²) < 4.78 is 5.77. The Morgan fingerprint density at radius 3 is 2.50 bits per heavy atom. The lowest BCUT2D eigenvalue weighted by atomic mass is 9.92. The van der Waals surface area contributed by atoms with Crippen LogP contribution in [0.3, 0.4) is 0 Å². The molecule has 2 nitrogen and oxygen atoms in total. The van der Waals surface area contributed by atoms with Crippen molar-refractivity contribution in [2.24, 2.45) is 5.92 Å². The second-order valence-corrected chi connectivity index (χ2v) is 6.33. The van der Waals surface area contributed by atoms with Crippen molar-refractivity contribution >= 4 is 5.78 Å². The van der Waals surface area contributed by atoms with Crippen LogP contribution in [0.1, 0.15) is 68.1 Å². The summed E-state index contributed by atoms with van der Waals surface area (Å²) in [5, 5.41) is 0. The third-order valence-corrected chi connectivity index (χ3v) is 4.43. The van der Waals surface area contributed by atoms with Gasteiger partial charge in [0.2, 0.25) is 0 Å². The molecule has 1 aromatic carbocycles. The van der Waals surface area contributed by atoms with E-state index in [0.717, 1.165) is 24.2 Å². The van der Waals surface area contributed by atoms with Crippen LogP contribution in [0.2, 0.25) is 0 Å². The first kappa shape index (κ1) is 13.7. The lowest BCUT2D eigenvalue weighted by molar-refractivity contribution is 0.0956. The highest BCUT2D eigenvalue weighted by molar-refractivity contribution is 5.96. The molecule has 0 atom stereocenters. The zero-order chi connectivity index (χ0) is 13.8. The first-order valence-electron chi connectivity index (χ1n) is 8.11. The maximum Gasteiger partial charge on any atom is 0.163 e. The van der Waals surface area contributed by atoms with E-state index in [2.05, 4.69) is 0 Å². The number of Topliss-reactive ketones (excluding diaryl/α,β-unsaturated/α-hetero) is 1. The highest BCUT2D eigenvalue weighted by Gasteiger charge is 2.24. The number of ketones is 1. The van der Waals surface area contributed by atoms with Crippen molar-refractivity contribution in [1.82, 2.24) is 0 Å². The molecule has 0 aliphatic heterocycles. The van der Waals surface area contributed by atoms with Gasteiger partial charge in [0.15, 0.2) is 5.78 Å². The first-order valence-corrected chi connectivity index (χ1v) is 8.11. The number of hydrogen-bond donors (Lipinski definition) is 0. The lowest BCUT2D eigenvalue weighted by Crippen LogP contribution is -2.08. The smallest absolute Gasteiger partial charge is 0.163 e. The molecule has 0 saturated heterocycles. The van der Waals surface area contributed by atoms with Crippen LogP contribution in [-0.4, -0.2) is 11.9 Å². The summed E-state index contributed by atoms with van der Waals surface area (Å²) in [6, 6.07) is 7.76. The SMILES string of the molecule is O=C(CC1CCCCCC1)c1cccc(OC2CC2)c1. The molecule has 2 heteroatoms. The van der Waals surface area contributed by atoms with Crippen LogP contribution in [0, 0.1) is 5.92 Å². The van der Waals surface area contributed by atoms with Crippen molar-refractivity contribution in [3.8, 4) is 5.75 Å². The van der Waals surface area contributed by atoms with Crippen molar-refractivity contribution in [3.05, 3.63) is 29.8 Å². The Labute approximate surface area is 121 Å². The average molecular weight is 272 g/mol. The molecule has 2 aliphatic carbocycles. The quantitative estimate of drug-likeness (QED) is 0.570. The van der Waals surface area contributed by atoms with E-state index in [1.165, 1.54) is 38.5 Å². The second kappa shape index (κ2) is 6.43. The van der Waals surface area contributed by atoms with E-state index >= 15 is 0 Å². The predicted octanol–water partition coefficient (Wildman–Crippen LogP) is 4.77. The lowest BCUT2D eigenvalue weighted by Gasteiger charge is -2.13. The Morgan fingerprint density at radius 2 is 1.80 bits per heavy atom. The van der Waals surface area contributed by atoms with Crippen molar-refractivity contribution in [2.45, 2.75) is 63.9 Å². The Balaban J connectivity index is 1.60. The maximum atomic E-state index is 12.4. The molecule has 0 N–H and O–H groups in total. The van der Waals surface area contributed by atoms with Crippen molar-refractivity contribution in [1.29, 1.82) is 0 Å². The van der Waals surface area contributed by atoms with Crippen LogP contribution in [0.25, 0.3) is 0 Å². The summed E-state index contributed by atoms with van der Waals surface area (Å²) in [6.07, 6.45) is 11.1. The normalized spacial score (nSPS) is 20.4. The zero-order valence-electron chi connectivity index (χ0n) is 12.1. The van der Waals surface area contributed by atoms with Gasteiger partial charge in [0.1, 0.15) is 5.75 Å². The molecule has 3 rings (SSSR count). The van der Waals surface area contributed by atoms with E-state index in [0.29, 0.717) is 18.4 Å². The van der Waals surface area contributed by atoms with Gasteiger partial charge in [-0.2, -0.15) is 0 Å². The molecule has 20 heavy (non-hydrogen) atoms. The Hall–Kier alpha value is -1.31. The van der Waals surface area contributed by atoms with Gasteiger partial charge in [-0.1, -0.05) is 50.7 Å². The summed E-state index contributed by atoms with van der Waals surface area (Å²) >= 11 is 0. The summed E-state index contributed by atoms with van der Waals surface area (Å²) in [5.41, 5.74) is 0.826. The minimum atomic E-state index is 0.290. The molecule has 0 spiro atoms. The fourth-order valence-corrected chi connectivity index (χ4v) is 3.07. The molecule has 0 heterocycles. The zero-order valence-corrected chi connectivity index (χ0v) is 12.1. The molecule has 0 amide bonds. The predicted molar refractivity (Wildman–Crippen MR) is 80.2 cm³/mol. The molecule has 2 fully saturated rings. The van der Waals surface area contributed by atoms with Gasteiger partial charge in [0.25, 0.3) is 0 Å². The Bertz CT molecular complexity index is 454. The number of benzene rings is 1. The molecule has 0 radical (unpaired) electrons. The third-order valence-electron chi connectivity index (χ3n) is 4.43. The van der Waals surface area contributed by atoms with E-state index in [9.17, 15) is 4.79 Å². The molecule has 2 aliphatic rings. The second-order valence-electron chi connectivity index (χ2n) is 6.33. The van der Waals surface area contributed by atoms with E-state index in [4.69, 9.17) is 4.74 Å². The number of hydrogen-bond acceptors (Lipinski definition) is 2. The topological polar surface area (TPSA) is 26.3 Å². The van der Waals surface area contributed by atoms with Crippen LogP contribution in [-0.2, 0) is 0 Å². The van der Waals surface area contributed by atoms with Crippen molar-refractivity contribution < 1.29 is 9.53 Å². The number of rotatable bonds is 5. The molecule has 0 unspecified atom stereocenters. The Morgan fingerprint density at radius 1 is 1.05 bits per heavy atom. The van der Waals surface area contributed by atoms with Gasteiger partial charge in [0, 0.05) is 12.0 Å². The largest absolute Gasteiger partial charge is 0.490 e. The molecule has 108 valence electrons. The van der Waals surface area contributed by atoms with Gasteiger partial charge in [-0.15, -0.1) is 0 Å². The fourth-order valence-electron chi connectivity index (χ4n) is 3.07. The number of carbonyl (C=O) groups is 1. The minimum absolute atomic E-state index is 0.290. The molecule has 0 bridgehead atoms. The van der Waals surface area contributed by atoms with E-state index in [1.807, 2.05) is 24.3 Å². The van der Waals surface area contributed by atoms with E-state index in [-0.39, 0.29) is 5.78 Å². The molecular weight excluding hydrogens is 248 g/mol. The third kappa shape index (κ3) is 3.84. The molecule has 0 aromatic heterocycles. The summed E-state index contributed by atoms with van der Waals surface area (Å²) in [7, 11) is 0. The van der Waals surface area contributed by atoms with Crippen LogP contribution in [0.4, 0.5) is 0 Å². The standard InChI is InChI=1S/C18H24O2/c19-18(12-14-6-3-1-2-4-7-14)15-8-5-9-17(13-15)20-16-10-11-16/h5,8-9,13-14,16H,1-4,6-7,10-12H2. The van der Waals surface area contributed by atoms with Gasteiger partial charge in [-0.25, -0.2) is 0 Å². The molecule has 2 saturated carbocycles. The maximum absolute atomic E-state index is 12.4. The molecule has 1 aromatic rings. The van der Waals surface area contributed by atoms with E-state index in [1.54, 1.807) is 0 Å². The number of ether oxygens (including phenoxy) is 1. The van der Waals surface area contributed by atoms with Gasteiger partial charge in [-0.3, -0.25) is 4.79 Å². The first-order chi connectivity index (χ1) is 9.81. The average Bonchev–Trinajstić information content (AvgIpc) is 3.27. The fraction of sp³-hybridized carbons (Fsp3) is 0.611. The van der Waals surface area contributed by atoms with Crippen LogP contribution in [0.5, 0.6) is 5.75 Å². The van der Waals surface area contributed by atoms with Crippen molar-refractivity contribution in [3.63, 3.8) is 0 Å². The van der Waals surface area contributed by atoms with Crippen LogP contribution < -0.4 is 4.74 Å². The number of carbonyl (C=O) groups excluding carboxylic acids is 1. The van der Waals surface area contributed by atoms with E-state index < -0.39 is 0 Å². The summed E-state index contributed by atoms with van der Waals surface area (Å²) in [6.45, 7) is 0.